The Kier molecular flexibility index (Phi) is 7.79. The highest BCUT2D eigenvalue weighted by atomic mass is 19.1. The molecule has 5 rings (SSSR count). The van der Waals surface area contributed by atoms with E-state index in [4.69, 9.17) is 14.6 Å². The van der Waals surface area contributed by atoms with Crippen molar-refractivity contribution < 1.29 is 23.0 Å². The molecule has 1 amide bonds. The normalized spacial score (nSPS) is 15.0. The summed E-state index contributed by atoms with van der Waals surface area (Å²) in [5, 5.41) is 4.82. The summed E-state index contributed by atoms with van der Waals surface area (Å²) in [5.74, 6) is -0.535. The SMILES string of the molecule is CCc1nn(-c2ccccc2)c(Oc2ccc(F)cc2)c1CN(C[C@@H]1CCCO1)C(=O)c1ccccc1F. The van der Waals surface area contributed by atoms with Gasteiger partial charge < -0.3 is 14.4 Å². The van der Waals surface area contributed by atoms with E-state index in [1.165, 1.54) is 24.3 Å². The first-order chi connectivity index (χ1) is 18.5. The van der Waals surface area contributed by atoms with Crippen molar-refractivity contribution in [2.75, 3.05) is 13.2 Å². The van der Waals surface area contributed by atoms with Gasteiger partial charge in [-0.3, -0.25) is 4.79 Å². The van der Waals surface area contributed by atoms with Crippen LogP contribution >= 0.6 is 0 Å². The van der Waals surface area contributed by atoms with Crippen molar-refractivity contribution in [3.05, 3.63) is 107 Å². The molecule has 6 nitrogen and oxygen atoms in total. The molecule has 0 N–H and O–H groups in total. The molecule has 0 spiro atoms. The molecule has 0 aliphatic carbocycles. The summed E-state index contributed by atoms with van der Waals surface area (Å²) >= 11 is 0. The summed E-state index contributed by atoms with van der Waals surface area (Å²) in [5.41, 5.74) is 2.21. The van der Waals surface area contributed by atoms with Gasteiger partial charge in [-0.2, -0.15) is 5.10 Å². The lowest BCUT2D eigenvalue weighted by Crippen LogP contribution is -2.37. The molecule has 1 atom stereocenters. The largest absolute Gasteiger partial charge is 0.439 e. The Morgan fingerprint density at radius 1 is 1.05 bits per heavy atom. The van der Waals surface area contributed by atoms with Crippen LogP contribution in [0.15, 0.2) is 78.9 Å². The fraction of sp³-hybridized carbons (Fsp3) is 0.267. The van der Waals surface area contributed by atoms with Crippen molar-refractivity contribution in [3.8, 4) is 17.3 Å². The number of benzene rings is 3. The summed E-state index contributed by atoms with van der Waals surface area (Å²) in [7, 11) is 0. The van der Waals surface area contributed by atoms with Gasteiger partial charge >= 0.3 is 0 Å². The third-order valence-electron chi connectivity index (χ3n) is 6.57. The number of carbonyl (C=O) groups excluding carboxylic acids is 1. The molecule has 0 unspecified atom stereocenters. The van der Waals surface area contributed by atoms with Crippen molar-refractivity contribution >= 4 is 5.91 Å². The van der Waals surface area contributed by atoms with E-state index in [-0.39, 0.29) is 24.0 Å². The van der Waals surface area contributed by atoms with Crippen LogP contribution < -0.4 is 4.74 Å². The van der Waals surface area contributed by atoms with Crippen LogP contribution in [0.3, 0.4) is 0 Å². The number of carbonyl (C=O) groups is 1. The second-order valence-electron chi connectivity index (χ2n) is 9.19. The van der Waals surface area contributed by atoms with E-state index < -0.39 is 11.7 Å². The zero-order chi connectivity index (χ0) is 26.5. The van der Waals surface area contributed by atoms with Gasteiger partial charge in [-0.1, -0.05) is 37.3 Å². The molecular weight excluding hydrogens is 488 g/mol. The highest BCUT2D eigenvalue weighted by molar-refractivity contribution is 5.94. The number of aryl methyl sites for hydroxylation is 1. The van der Waals surface area contributed by atoms with E-state index in [1.54, 1.807) is 33.8 Å². The first-order valence-corrected chi connectivity index (χ1v) is 12.8. The zero-order valence-electron chi connectivity index (χ0n) is 21.1. The van der Waals surface area contributed by atoms with Crippen LogP contribution in [-0.4, -0.2) is 39.8 Å². The van der Waals surface area contributed by atoms with E-state index in [2.05, 4.69) is 0 Å². The average molecular weight is 518 g/mol. The maximum atomic E-state index is 14.7. The van der Waals surface area contributed by atoms with Crippen LogP contribution in [0.2, 0.25) is 0 Å². The van der Waals surface area contributed by atoms with Crippen molar-refractivity contribution in [1.29, 1.82) is 0 Å². The summed E-state index contributed by atoms with van der Waals surface area (Å²) < 4.78 is 42.1. The monoisotopic (exact) mass is 517 g/mol. The molecule has 38 heavy (non-hydrogen) atoms. The van der Waals surface area contributed by atoms with E-state index in [9.17, 15) is 13.6 Å². The maximum absolute atomic E-state index is 14.7. The third-order valence-corrected chi connectivity index (χ3v) is 6.57. The number of halogens is 2. The molecule has 3 aromatic carbocycles. The quantitative estimate of drug-likeness (QED) is 0.261. The first-order valence-electron chi connectivity index (χ1n) is 12.8. The number of hydrogen-bond donors (Lipinski definition) is 0. The van der Waals surface area contributed by atoms with Gasteiger partial charge in [0, 0.05) is 13.2 Å². The van der Waals surface area contributed by atoms with Crippen LogP contribution in [0.5, 0.6) is 11.6 Å². The topological polar surface area (TPSA) is 56.6 Å². The zero-order valence-corrected chi connectivity index (χ0v) is 21.1. The predicted octanol–water partition coefficient (Wildman–Crippen LogP) is 6.33. The molecule has 196 valence electrons. The molecule has 1 aromatic heterocycles. The first kappa shape index (κ1) is 25.6. The Labute approximate surface area is 220 Å². The van der Waals surface area contributed by atoms with Crippen LogP contribution in [-0.2, 0) is 17.7 Å². The standard InChI is InChI=1S/C30H29F2N3O3/c1-2-28-26(20-34(19-24-11-8-18-37-24)29(36)25-12-6-7-13-27(25)32)30(38-23-16-14-21(31)15-17-23)35(33-28)22-9-4-3-5-10-22/h3-7,9-10,12-17,24H,2,8,11,18-20H2,1H3/t24-/m0/s1. The van der Waals surface area contributed by atoms with Gasteiger partial charge in [0.2, 0.25) is 5.88 Å². The van der Waals surface area contributed by atoms with E-state index >= 15 is 0 Å². The minimum Gasteiger partial charge on any atom is -0.439 e. The van der Waals surface area contributed by atoms with E-state index in [0.29, 0.717) is 36.8 Å². The number of rotatable bonds is 9. The lowest BCUT2D eigenvalue weighted by molar-refractivity contribution is 0.0502. The van der Waals surface area contributed by atoms with Crippen molar-refractivity contribution in [1.82, 2.24) is 14.7 Å². The molecular formula is C30H29F2N3O3. The fourth-order valence-electron chi connectivity index (χ4n) is 4.63. The molecule has 0 bridgehead atoms. The van der Waals surface area contributed by atoms with Gasteiger partial charge in [0.05, 0.1) is 35.2 Å². The number of hydrogen-bond acceptors (Lipinski definition) is 4. The maximum Gasteiger partial charge on any atom is 0.257 e. The Morgan fingerprint density at radius 2 is 1.79 bits per heavy atom. The van der Waals surface area contributed by atoms with Gasteiger partial charge in [0.25, 0.3) is 5.91 Å². The van der Waals surface area contributed by atoms with Gasteiger partial charge in [0.1, 0.15) is 17.4 Å². The molecule has 0 saturated carbocycles. The summed E-state index contributed by atoms with van der Waals surface area (Å²) in [4.78, 5) is 15.3. The van der Waals surface area contributed by atoms with Crippen LogP contribution in [0.4, 0.5) is 8.78 Å². The molecule has 1 saturated heterocycles. The fourth-order valence-corrected chi connectivity index (χ4v) is 4.63. The Bertz CT molecular complexity index is 1380. The highest BCUT2D eigenvalue weighted by Gasteiger charge is 2.29. The van der Waals surface area contributed by atoms with Gasteiger partial charge in [-0.05, 0) is 67.8 Å². The Balaban J connectivity index is 1.58. The second-order valence-corrected chi connectivity index (χ2v) is 9.19. The second kappa shape index (κ2) is 11.6. The molecule has 1 aliphatic rings. The van der Waals surface area contributed by atoms with Crippen LogP contribution in [0, 0.1) is 11.6 Å². The number of aromatic nitrogens is 2. The summed E-state index contributed by atoms with van der Waals surface area (Å²) in [6.45, 7) is 3.06. The Hall–Kier alpha value is -4.04. The summed E-state index contributed by atoms with van der Waals surface area (Å²) in [6.07, 6.45) is 2.18. The predicted molar refractivity (Wildman–Crippen MR) is 140 cm³/mol. The molecule has 0 radical (unpaired) electrons. The number of para-hydroxylation sites is 1. The highest BCUT2D eigenvalue weighted by Crippen LogP contribution is 2.33. The number of nitrogens with zero attached hydrogens (tertiary/aromatic N) is 3. The smallest absolute Gasteiger partial charge is 0.257 e. The molecule has 2 heterocycles. The van der Waals surface area contributed by atoms with E-state index in [0.717, 1.165) is 24.2 Å². The van der Waals surface area contributed by atoms with Gasteiger partial charge in [-0.25, -0.2) is 13.5 Å². The van der Waals surface area contributed by atoms with E-state index in [1.807, 2.05) is 37.3 Å². The lowest BCUT2D eigenvalue weighted by Gasteiger charge is -2.26. The number of ether oxygens (including phenoxy) is 2. The van der Waals surface area contributed by atoms with Crippen LogP contribution in [0.25, 0.3) is 5.69 Å². The number of amides is 1. The summed E-state index contributed by atoms with van der Waals surface area (Å²) in [6, 6.07) is 21.2. The molecule has 1 aliphatic heterocycles. The third kappa shape index (κ3) is 5.60. The molecule has 4 aromatic rings. The van der Waals surface area contributed by atoms with Crippen molar-refractivity contribution in [3.63, 3.8) is 0 Å². The van der Waals surface area contributed by atoms with Gasteiger partial charge in [-0.15, -0.1) is 0 Å². The minimum atomic E-state index is -0.576. The lowest BCUT2D eigenvalue weighted by atomic mass is 10.1. The van der Waals surface area contributed by atoms with Crippen molar-refractivity contribution in [2.45, 2.75) is 38.8 Å². The average Bonchev–Trinajstić information content (AvgIpc) is 3.58. The minimum absolute atomic E-state index is 0.000000401. The van der Waals surface area contributed by atoms with Crippen molar-refractivity contribution in [2.24, 2.45) is 0 Å². The Morgan fingerprint density at radius 3 is 2.47 bits per heavy atom. The van der Waals surface area contributed by atoms with Crippen LogP contribution in [0.1, 0.15) is 41.4 Å². The molecule has 1 fully saturated rings. The molecule has 8 heteroatoms. The van der Waals surface area contributed by atoms with Gasteiger partial charge in [0.15, 0.2) is 0 Å².